The molecule has 2 heterocycles. The normalized spacial score (nSPS) is 11.4. The van der Waals surface area contributed by atoms with Crippen LogP contribution in [-0.2, 0) is 18.4 Å². The highest BCUT2D eigenvalue weighted by Gasteiger charge is 2.14. The molecule has 0 unspecified atom stereocenters. The number of carbonyl (C=O) groups is 1. The average Bonchev–Trinajstić information content (AvgIpc) is 3.04. The minimum absolute atomic E-state index is 0.0174. The lowest BCUT2D eigenvalue weighted by Gasteiger charge is -2.16. The number of carbonyl (C=O) groups excluding carboxylic acids is 1. The second kappa shape index (κ2) is 6.75. The van der Waals surface area contributed by atoms with Gasteiger partial charge in [0.2, 0.25) is 5.91 Å². The molecule has 0 radical (unpaired) electrons. The topological polar surface area (TPSA) is 50.2 Å². The van der Waals surface area contributed by atoms with Crippen LogP contribution in [-0.4, -0.2) is 34.2 Å². The van der Waals surface area contributed by atoms with Crippen molar-refractivity contribution >= 4 is 33.0 Å². The van der Waals surface area contributed by atoms with Gasteiger partial charge in [0.05, 0.1) is 23.6 Å². The molecule has 0 fully saturated rings. The van der Waals surface area contributed by atoms with Gasteiger partial charge in [0.25, 0.3) is 0 Å². The van der Waals surface area contributed by atoms with Gasteiger partial charge in [0.1, 0.15) is 0 Å². The Balaban J connectivity index is 1.64. The highest BCUT2D eigenvalue weighted by atomic mass is 32.1. The third kappa shape index (κ3) is 3.34. The zero-order valence-corrected chi connectivity index (χ0v) is 15.3. The SMILES string of the molecule is Cc1nn(C)c(C)c1NC(=O)CN(C)Cc1csc2ccccc12. The van der Waals surface area contributed by atoms with E-state index >= 15 is 0 Å². The number of hydrogen-bond donors (Lipinski definition) is 1. The lowest BCUT2D eigenvalue weighted by molar-refractivity contribution is -0.117. The predicted octanol–water partition coefficient (Wildman–Crippen LogP) is 3.32. The van der Waals surface area contributed by atoms with Crippen molar-refractivity contribution in [2.45, 2.75) is 20.4 Å². The molecule has 6 heteroatoms. The Labute approximate surface area is 145 Å². The van der Waals surface area contributed by atoms with Crippen molar-refractivity contribution in [3.05, 3.63) is 46.6 Å². The van der Waals surface area contributed by atoms with Crippen molar-refractivity contribution in [2.75, 3.05) is 18.9 Å². The summed E-state index contributed by atoms with van der Waals surface area (Å²) in [4.78, 5) is 14.4. The molecule has 0 aliphatic rings. The number of aryl methyl sites for hydroxylation is 2. The van der Waals surface area contributed by atoms with Crippen LogP contribution in [0.5, 0.6) is 0 Å². The Morgan fingerprint density at radius 3 is 2.79 bits per heavy atom. The number of thiophene rings is 1. The summed E-state index contributed by atoms with van der Waals surface area (Å²) in [5.41, 5.74) is 3.89. The van der Waals surface area contributed by atoms with Crippen molar-refractivity contribution < 1.29 is 4.79 Å². The standard InChI is InChI=1S/C18H22N4OS/c1-12-18(13(2)22(4)20-12)19-17(23)10-21(3)9-14-11-24-16-8-6-5-7-15(14)16/h5-8,11H,9-10H2,1-4H3,(H,19,23). The van der Waals surface area contributed by atoms with Gasteiger partial charge in [-0.1, -0.05) is 18.2 Å². The molecule has 0 atom stereocenters. The van der Waals surface area contributed by atoms with Crippen molar-refractivity contribution in [1.82, 2.24) is 14.7 Å². The third-order valence-electron chi connectivity index (χ3n) is 4.19. The van der Waals surface area contributed by atoms with E-state index in [9.17, 15) is 4.79 Å². The van der Waals surface area contributed by atoms with E-state index in [-0.39, 0.29) is 5.91 Å². The van der Waals surface area contributed by atoms with Crippen LogP contribution in [0.25, 0.3) is 10.1 Å². The molecule has 24 heavy (non-hydrogen) atoms. The maximum Gasteiger partial charge on any atom is 0.238 e. The second-order valence-electron chi connectivity index (χ2n) is 6.15. The fourth-order valence-corrected chi connectivity index (χ4v) is 3.83. The summed E-state index contributed by atoms with van der Waals surface area (Å²) < 4.78 is 3.07. The minimum Gasteiger partial charge on any atom is -0.322 e. The van der Waals surface area contributed by atoms with Crippen LogP contribution in [0, 0.1) is 13.8 Å². The first-order valence-electron chi connectivity index (χ1n) is 7.89. The molecular formula is C18H22N4OS. The molecule has 0 saturated carbocycles. The molecule has 1 amide bonds. The molecule has 2 aromatic heterocycles. The molecule has 0 bridgehead atoms. The Morgan fingerprint density at radius 1 is 1.33 bits per heavy atom. The van der Waals surface area contributed by atoms with Crippen molar-refractivity contribution in [2.24, 2.45) is 7.05 Å². The Hall–Kier alpha value is -2.18. The zero-order chi connectivity index (χ0) is 17.3. The van der Waals surface area contributed by atoms with Crippen LogP contribution in [0.2, 0.25) is 0 Å². The predicted molar refractivity (Wildman–Crippen MR) is 99.5 cm³/mol. The molecule has 0 aliphatic carbocycles. The molecule has 3 aromatic rings. The number of nitrogens with zero attached hydrogens (tertiary/aromatic N) is 3. The van der Waals surface area contributed by atoms with Crippen LogP contribution in [0.15, 0.2) is 29.6 Å². The number of anilines is 1. The first-order valence-corrected chi connectivity index (χ1v) is 8.77. The van der Waals surface area contributed by atoms with Gasteiger partial charge in [0.15, 0.2) is 0 Å². The van der Waals surface area contributed by atoms with E-state index in [1.165, 1.54) is 15.6 Å². The molecule has 0 saturated heterocycles. The summed E-state index contributed by atoms with van der Waals surface area (Å²) in [6, 6.07) is 8.37. The molecule has 0 aliphatic heterocycles. The molecule has 5 nitrogen and oxygen atoms in total. The highest BCUT2D eigenvalue weighted by molar-refractivity contribution is 7.17. The molecule has 1 aromatic carbocycles. The third-order valence-corrected chi connectivity index (χ3v) is 5.20. The summed E-state index contributed by atoms with van der Waals surface area (Å²) in [6.07, 6.45) is 0. The summed E-state index contributed by atoms with van der Waals surface area (Å²) in [5, 5.41) is 10.8. The van der Waals surface area contributed by atoms with Crippen LogP contribution in [0.1, 0.15) is 17.0 Å². The van der Waals surface area contributed by atoms with Gasteiger partial charge in [0, 0.05) is 18.3 Å². The molecule has 0 spiro atoms. The maximum absolute atomic E-state index is 12.3. The molecular weight excluding hydrogens is 320 g/mol. The van der Waals surface area contributed by atoms with Gasteiger partial charge in [-0.25, -0.2) is 0 Å². The smallest absolute Gasteiger partial charge is 0.238 e. The van der Waals surface area contributed by atoms with Crippen LogP contribution < -0.4 is 5.32 Å². The van der Waals surface area contributed by atoms with E-state index in [0.29, 0.717) is 6.54 Å². The maximum atomic E-state index is 12.3. The first kappa shape index (κ1) is 16.7. The number of benzene rings is 1. The Bertz CT molecular complexity index is 880. The minimum atomic E-state index is -0.0174. The van der Waals surface area contributed by atoms with E-state index in [0.717, 1.165) is 23.6 Å². The van der Waals surface area contributed by atoms with Gasteiger partial charge in [-0.05, 0) is 43.3 Å². The van der Waals surface area contributed by atoms with Gasteiger partial charge >= 0.3 is 0 Å². The lowest BCUT2D eigenvalue weighted by atomic mass is 10.2. The number of likely N-dealkylation sites (N-methyl/N-ethyl adjacent to an activating group) is 1. The van der Waals surface area contributed by atoms with E-state index in [1.807, 2.05) is 32.8 Å². The highest BCUT2D eigenvalue weighted by Crippen LogP contribution is 2.26. The van der Waals surface area contributed by atoms with E-state index in [1.54, 1.807) is 16.0 Å². The second-order valence-corrected chi connectivity index (χ2v) is 7.06. The number of hydrogen-bond acceptors (Lipinski definition) is 4. The van der Waals surface area contributed by atoms with Gasteiger partial charge < -0.3 is 5.32 Å². The Kier molecular flexibility index (Phi) is 4.69. The van der Waals surface area contributed by atoms with E-state index in [4.69, 9.17) is 0 Å². The Morgan fingerprint density at radius 2 is 2.08 bits per heavy atom. The summed E-state index contributed by atoms with van der Waals surface area (Å²) in [7, 11) is 3.85. The van der Waals surface area contributed by atoms with Crippen molar-refractivity contribution in [3.8, 4) is 0 Å². The fourth-order valence-electron chi connectivity index (χ4n) is 2.88. The average molecular weight is 342 g/mol. The van der Waals surface area contributed by atoms with Gasteiger partial charge in [-0.2, -0.15) is 5.10 Å². The number of fused-ring (bicyclic) bond motifs is 1. The number of rotatable bonds is 5. The van der Waals surface area contributed by atoms with Crippen molar-refractivity contribution in [1.29, 1.82) is 0 Å². The van der Waals surface area contributed by atoms with Crippen LogP contribution in [0.4, 0.5) is 5.69 Å². The monoisotopic (exact) mass is 342 g/mol. The molecule has 1 N–H and O–H groups in total. The number of nitrogens with one attached hydrogen (secondary N) is 1. The molecule has 3 rings (SSSR count). The van der Waals surface area contributed by atoms with Crippen molar-refractivity contribution in [3.63, 3.8) is 0 Å². The summed E-state index contributed by atoms with van der Waals surface area (Å²) >= 11 is 1.75. The number of aromatic nitrogens is 2. The number of amides is 1. The molecule has 126 valence electrons. The van der Waals surface area contributed by atoms with Gasteiger partial charge in [-0.3, -0.25) is 14.4 Å². The summed E-state index contributed by atoms with van der Waals surface area (Å²) in [5.74, 6) is -0.0174. The summed E-state index contributed by atoms with van der Waals surface area (Å²) in [6.45, 7) is 4.96. The largest absolute Gasteiger partial charge is 0.322 e. The lowest BCUT2D eigenvalue weighted by Crippen LogP contribution is -2.30. The van der Waals surface area contributed by atoms with E-state index in [2.05, 4.69) is 40.1 Å². The zero-order valence-electron chi connectivity index (χ0n) is 14.5. The van der Waals surface area contributed by atoms with Crippen LogP contribution >= 0.6 is 11.3 Å². The van der Waals surface area contributed by atoms with Gasteiger partial charge in [-0.15, -0.1) is 11.3 Å². The fraction of sp³-hybridized carbons (Fsp3) is 0.333. The van der Waals surface area contributed by atoms with E-state index < -0.39 is 0 Å². The quantitative estimate of drug-likeness (QED) is 0.774. The first-order chi connectivity index (χ1) is 11.5. The van der Waals surface area contributed by atoms with Crippen LogP contribution in [0.3, 0.4) is 0 Å².